The molecule has 0 aromatic rings. The Morgan fingerprint density at radius 2 is 1.92 bits per heavy atom. The molecular formula is C7H18NO3P. The Balaban J connectivity index is 3.54. The predicted octanol–water partition coefficient (Wildman–Crippen LogP) is 1.42. The molecule has 0 N–H and O–H groups in total. The van der Waals surface area contributed by atoms with Crippen LogP contribution in [0.2, 0.25) is 0 Å². The van der Waals surface area contributed by atoms with Crippen molar-refractivity contribution in [3.05, 3.63) is 0 Å². The van der Waals surface area contributed by atoms with E-state index in [0.29, 0.717) is 13.2 Å². The number of rotatable bonds is 6. The standard InChI is InChI=1S/C7H18NO3P/c1-5-10-12(4,9)11-7-6-8(2)3/h5-7H2,1-4H3. The van der Waals surface area contributed by atoms with E-state index in [9.17, 15) is 4.57 Å². The van der Waals surface area contributed by atoms with Crippen LogP contribution in [0.1, 0.15) is 6.92 Å². The average molecular weight is 195 g/mol. The lowest BCUT2D eigenvalue weighted by Crippen LogP contribution is -2.17. The van der Waals surface area contributed by atoms with E-state index in [1.54, 1.807) is 6.92 Å². The fourth-order valence-corrected chi connectivity index (χ4v) is 1.62. The highest BCUT2D eigenvalue weighted by molar-refractivity contribution is 7.52. The van der Waals surface area contributed by atoms with Gasteiger partial charge in [0.2, 0.25) is 0 Å². The van der Waals surface area contributed by atoms with Gasteiger partial charge in [0.1, 0.15) is 0 Å². The molecular weight excluding hydrogens is 177 g/mol. The fourth-order valence-electron chi connectivity index (χ4n) is 0.661. The van der Waals surface area contributed by atoms with Crippen LogP contribution in [0.3, 0.4) is 0 Å². The molecule has 0 aliphatic carbocycles. The van der Waals surface area contributed by atoms with E-state index < -0.39 is 7.60 Å². The highest BCUT2D eigenvalue weighted by Crippen LogP contribution is 2.43. The molecule has 0 rings (SSSR count). The van der Waals surface area contributed by atoms with Gasteiger partial charge in [0.25, 0.3) is 0 Å². The van der Waals surface area contributed by atoms with Crippen molar-refractivity contribution in [1.29, 1.82) is 0 Å². The summed E-state index contributed by atoms with van der Waals surface area (Å²) in [5, 5.41) is 0. The molecule has 0 bridgehead atoms. The molecule has 4 nitrogen and oxygen atoms in total. The zero-order valence-electron chi connectivity index (χ0n) is 8.24. The van der Waals surface area contributed by atoms with Gasteiger partial charge in [-0.2, -0.15) is 0 Å². The maximum Gasteiger partial charge on any atom is 0.327 e. The number of nitrogens with zero attached hydrogens (tertiary/aromatic N) is 1. The summed E-state index contributed by atoms with van der Waals surface area (Å²) in [6.45, 7) is 4.92. The second-order valence-electron chi connectivity index (χ2n) is 2.83. The lowest BCUT2D eigenvalue weighted by Gasteiger charge is -2.14. The first-order valence-corrected chi connectivity index (χ1v) is 5.98. The third kappa shape index (κ3) is 6.80. The topological polar surface area (TPSA) is 38.8 Å². The van der Waals surface area contributed by atoms with Crippen LogP contribution in [-0.4, -0.2) is 45.4 Å². The molecule has 0 radical (unpaired) electrons. The van der Waals surface area contributed by atoms with Crippen molar-refractivity contribution in [3.63, 3.8) is 0 Å². The predicted molar refractivity (Wildman–Crippen MR) is 49.7 cm³/mol. The first-order chi connectivity index (χ1) is 5.48. The molecule has 74 valence electrons. The number of likely N-dealkylation sites (N-methyl/N-ethyl adjacent to an activating group) is 1. The Morgan fingerprint density at radius 1 is 1.33 bits per heavy atom. The van der Waals surface area contributed by atoms with Gasteiger partial charge in [0, 0.05) is 13.2 Å². The lowest BCUT2D eigenvalue weighted by molar-refractivity contribution is 0.199. The van der Waals surface area contributed by atoms with Crippen LogP contribution in [-0.2, 0) is 13.6 Å². The second-order valence-corrected chi connectivity index (χ2v) is 4.88. The number of hydrogen-bond donors (Lipinski definition) is 0. The van der Waals surface area contributed by atoms with Gasteiger partial charge >= 0.3 is 7.60 Å². The minimum atomic E-state index is -2.78. The van der Waals surface area contributed by atoms with Crippen LogP contribution in [0.15, 0.2) is 0 Å². The summed E-state index contributed by atoms with van der Waals surface area (Å²) >= 11 is 0. The molecule has 0 aliphatic heterocycles. The fraction of sp³-hybridized carbons (Fsp3) is 1.00. The molecule has 0 heterocycles. The van der Waals surface area contributed by atoms with Crippen LogP contribution in [0.4, 0.5) is 0 Å². The molecule has 0 aromatic carbocycles. The zero-order chi connectivity index (χ0) is 9.61. The molecule has 0 aliphatic rings. The minimum Gasteiger partial charge on any atom is -0.309 e. The lowest BCUT2D eigenvalue weighted by atomic mass is 10.6. The van der Waals surface area contributed by atoms with Crippen molar-refractivity contribution in [1.82, 2.24) is 4.90 Å². The highest BCUT2D eigenvalue weighted by atomic mass is 31.2. The SMILES string of the molecule is CCOP(C)(=O)OCCN(C)C. The molecule has 1 atom stereocenters. The maximum atomic E-state index is 11.3. The first kappa shape index (κ1) is 12.1. The molecule has 0 amide bonds. The van der Waals surface area contributed by atoms with Crippen LogP contribution < -0.4 is 0 Å². The summed E-state index contributed by atoms with van der Waals surface area (Å²) in [5.41, 5.74) is 0. The van der Waals surface area contributed by atoms with Crippen LogP contribution >= 0.6 is 7.60 Å². The van der Waals surface area contributed by atoms with Gasteiger partial charge in [0.05, 0.1) is 13.2 Å². The monoisotopic (exact) mass is 195 g/mol. The molecule has 5 heteroatoms. The number of hydrogen-bond acceptors (Lipinski definition) is 4. The van der Waals surface area contributed by atoms with E-state index in [0.717, 1.165) is 6.54 Å². The van der Waals surface area contributed by atoms with Gasteiger partial charge in [-0.25, -0.2) is 0 Å². The Labute approximate surface area is 74.4 Å². The van der Waals surface area contributed by atoms with Gasteiger partial charge in [-0.3, -0.25) is 4.57 Å². The highest BCUT2D eigenvalue weighted by Gasteiger charge is 2.14. The van der Waals surface area contributed by atoms with E-state index in [2.05, 4.69) is 0 Å². The molecule has 0 spiro atoms. The smallest absolute Gasteiger partial charge is 0.309 e. The van der Waals surface area contributed by atoms with Crippen molar-refractivity contribution in [3.8, 4) is 0 Å². The largest absolute Gasteiger partial charge is 0.327 e. The Kier molecular flexibility index (Phi) is 5.76. The van der Waals surface area contributed by atoms with E-state index >= 15 is 0 Å². The third-order valence-corrected chi connectivity index (χ3v) is 2.61. The van der Waals surface area contributed by atoms with Crippen molar-refractivity contribution < 1.29 is 13.6 Å². The Bertz CT molecular complexity index is 161. The summed E-state index contributed by atoms with van der Waals surface area (Å²) in [6.07, 6.45) is 0. The van der Waals surface area contributed by atoms with Gasteiger partial charge in [-0.1, -0.05) is 0 Å². The summed E-state index contributed by atoms with van der Waals surface area (Å²) in [4.78, 5) is 1.96. The molecule has 0 fully saturated rings. The minimum absolute atomic E-state index is 0.426. The summed E-state index contributed by atoms with van der Waals surface area (Å²) in [6, 6.07) is 0. The van der Waals surface area contributed by atoms with Crippen molar-refractivity contribution >= 4 is 7.60 Å². The first-order valence-electron chi connectivity index (χ1n) is 3.99. The maximum absolute atomic E-state index is 11.3. The second kappa shape index (κ2) is 5.70. The summed E-state index contributed by atoms with van der Waals surface area (Å²) in [5.74, 6) is 0. The average Bonchev–Trinajstić information content (AvgIpc) is 1.85. The van der Waals surface area contributed by atoms with E-state index in [4.69, 9.17) is 9.05 Å². The van der Waals surface area contributed by atoms with Crippen LogP contribution in [0.5, 0.6) is 0 Å². The van der Waals surface area contributed by atoms with Crippen LogP contribution in [0.25, 0.3) is 0 Å². The zero-order valence-corrected chi connectivity index (χ0v) is 9.13. The van der Waals surface area contributed by atoms with Gasteiger partial charge in [-0.15, -0.1) is 0 Å². The van der Waals surface area contributed by atoms with E-state index in [1.165, 1.54) is 6.66 Å². The third-order valence-electron chi connectivity index (χ3n) is 1.23. The van der Waals surface area contributed by atoms with Crippen molar-refractivity contribution in [2.24, 2.45) is 0 Å². The van der Waals surface area contributed by atoms with Crippen LogP contribution in [0, 0.1) is 0 Å². The summed E-state index contributed by atoms with van der Waals surface area (Å²) in [7, 11) is 1.09. The summed E-state index contributed by atoms with van der Waals surface area (Å²) < 4.78 is 21.3. The molecule has 0 saturated heterocycles. The van der Waals surface area contributed by atoms with E-state index in [1.807, 2.05) is 19.0 Å². The molecule has 0 aromatic heterocycles. The quantitative estimate of drug-likeness (QED) is 0.601. The van der Waals surface area contributed by atoms with Gasteiger partial charge in [0.15, 0.2) is 0 Å². The molecule has 12 heavy (non-hydrogen) atoms. The van der Waals surface area contributed by atoms with Crippen molar-refractivity contribution in [2.75, 3.05) is 40.5 Å². The van der Waals surface area contributed by atoms with E-state index in [-0.39, 0.29) is 0 Å². The molecule has 0 saturated carbocycles. The van der Waals surface area contributed by atoms with Gasteiger partial charge in [-0.05, 0) is 21.0 Å². The normalized spacial score (nSPS) is 16.4. The Morgan fingerprint density at radius 3 is 2.33 bits per heavy atom. The van der Waals surface area contributed by atoms with Gasteiger partial charge < -0.3 is 13.9 Å². The Hall–Kier alpha value is 0.110. The molecule has 1 unspecified atom stereocenters. The van der Waals surface area contributed by atoms with Crippen molar-refractivity contribution in [2.45, 2.75) is 6.92 Å².